The van der Waals surface area contributed by atoms with Gasteiger partial charge in [0.2, 0.25) is 0 Å². The van der Waals surface area contributed by atoms with Crippen LogP contribution < -0.4 is 15.4 Å². The summed E-state index contributed by atoms with van der Waals surface area (Å²) >= 11 is 6.31. The van der Waals surface area contributed by atoms with Gasteiger partial charge in [-0.1, -0.05) is 23.7 Å². The van der Waals surface area contributed by atoms with Crippen molar-refractivity contribution in [3.05, 3.63) is 81.2 Å². The van der Waals surface area contributed by atoms with Gasteiger partial charge in [0.05, 0.1) is 11.9 Å². The maximum atomic E-state index is 14.0. The molecule has 0 atom stereocenters. The van der Waals surface area contributed by atoms with Crippen LogP contribution in [0.2, 0.25) is 5.02 Å². The van der Waals surface area contributed by atoms with E-state index in [1.165, 1.54) is 11.8 Å². The van der Waals surface area contributed by atoms with Gasteiger partial charge in [0, 0.05) is 37.9 Å². The molecule has 1 saturated heterocycles. The number of hydrogen-bond acceptors (Lipinski definition) is 4. The summed E-state index contributed by atoms with van der Waals surface area (Å²) in [6.45, 7) is 4.95. The minimum Gasteiger partial charge on any atom is -0.368 e. The number of aromatic nitrogens is 2. The molecule has 0 spiro atoms. The molecule has 1 aromatic heterocycles. The lowest BCUT2D eigenvalue weighted by Gasteiger charge is -2.37. The zero-order valence-corrected chi connectivity index (χ0v) is 16.5. The highest BCUT2D eigenvalue weighted by atomic mass is 35.5. The first-order chi connectivity index (χ1) is 13.9. The van der Waals surface area contributed by atoms with Crippen molar-refractivity contribution in [3.8, 4) is 5.69 Å². The number of aryl methyl sites for hydroxylation is 1. The smallest absolute Gasteiger partial charge is 0.292 e. The molecule has 29 heavy (non-hydrogen) atoms. The summed E-state index contributed by atoms with van der Waals surface area (Å²) in [4.78, 5) is 16.9. The third-order valence-electron chi connectivity index (χ3n) is 5.03. The zero-order chi connectivity index (χ0) is 20.5. The van der Waals surface area contributed by atoms with Crippen LogP contribution in [0.3, 0.4) is 0 Å². The fraction of sp³-hybridized carbons (Fsp3) is 0.238. The molecule has 5 nitrogen and oxygen atoms in total. The van der Waals surface area contributed by atoms with Crippen LogP contribution >= 0.6 is 11.6 Å². The van der Waals surface area contributed by atoms with Crippen LogP contribution in [0.4, 0.5) is 20.2 Å². The van der Waals surface area contributed by atoms with Crippen molar-refractivity contribution in [2.45, 2.75) is 6.92 Å². The van der Waals surface area contributed by atoms with E-state index in [2.05, 4.69) is 35.1 Å². The first-order valence-electron chi connectivity index (χ1n) is 9.24. The van der Waals surface area contributed by atoms with Crippen molar-refractivity contribution < 1.29 is 8.78 Å². The third kappa shape index (κ3) is 3.82. The summed E-state index contributed by atoms with van der Waals surface area (Å²) in [5, 5.41) is 4.03. The van der Waals surface area contributed by atoms with Crippen molar-refractivity contribution in [2.24, 2.45) is 0 Å². The number of benzene rings is 2. The normalized spacial score (nSPS) is 14.3. The van der Waals surface area contributed by atoms with Crippen molar-refractivity contribution >= 4 is 23.0 Å². The van der Waals surface area contributed by atoms with Crippen LogP contribution in [0, 0.1) is 18.6 Å². The summed E-state index contributed by atoms with van der Waals surface area (Å²) in [5.41, 5.74) is 2.09. The van der Waals surface area contributed by atoms with Crippen LogP contribution in [0.15, 0.2) is 53.5 Å². The molecule has 150 valence electrons. The Morgan fingerprint density at radius 2 is 1.69 bits per heavy atom. The maximum absolute atomic E-state index is 14.0. The Bertz CT molecular complexity index is 1110. The number of nitrogens with zero attached hydrogens (tertiary/aromatic N) is 4. The first kappa shape index (κ1) is 19.4. The SMILES string of the molecule is Cc1cccc(N2CCN(c3cnn(-c4ccc(F)cc4F)c(=O)c3Cl)CC2)c1. The van der Waals surface area contributed by atoms with Gasteiger partial charge in [-0.15, -0.1) is 0 Å². The van der Waals surface area contributed by atoms with Crippen molar-refractivity contribution in [2.75, 3.05) is 36.0 Å². The fourth-order valence-electron chi connectivity index (χ4n) is 3.50. The zero-order valence-electron chi connectivity index (χ0n) is 15.8. The second-order valence-electron chi connectivity index (χ2n) is 6.97. The lowest BCUT2D eigenvalue weighted by Crippen LogP contribution is -2.47. The lowest BCUT2D eigenvalue weighted by molar-refractivity contribution is 0.570. The molecule has 3 aromatic rings. The minimum atomic E-state index is -0.879. The van der Waals surface area contributed by atoms with Gasteiger partial charge in [0.25, 0.3) is 5.56 Å². The number of piperazine rings is 1. The molecule has 0 amide bonds. The molecule has 2 aromatic carbocycles. The molecule has 0 N–H and O–H groups in total. The van der Waals surface area contributed by atoms with E-state index in [1.807, 2.05) is 11.0 Å². The van der Waals surface area contributed by atoms with E-state index in [-0.39, 0.29) is 10.7 Å². The van der Waals surface area contributed by atoms with Crippen molar-refractivity contribution in [1.82, 2.24) is 9.78 Å². The molecular formula is C21H19ClF2N4O. The summed E-state index contributed by atoms with van der Waals surface area (Å²) in [7, 11) is 0. The summed E-state index contributed by atoms with van der Waals surface area (Å²) in [6, 6.07) is 11.2. The topological polar surface area (TPSA) is 41.4 Å². The molecule has 0 bridgehead atoms. The standard InChI is InChI=1S/C21H19ClF2N4O/c1-14-3-2-4-16(11-14)26-7-9-27(10-8-26)19-13-25-28(21(29)20(19)22)18-6-5-15(23)12-17(18)24/h2-6,11-13H,7-10H2,1H3. The molecule has 8 heteroatoms. The molecule has 0 aliphatic carbocycles. The molecule has 1 aliphatic rings. The molecule has 4 rings (SSSR count). The predicted molar refractivity (Wildman–Crippen MR) is 110 cm³/mol. The van der Waals surface area contributed by atoms with E-state index in [1.54, 1.807) is 0 Å². The quantitative estimate of drug-likeness (QED) is 0.651. The van der Waals surface area contributed by atoms with Gasteiger partial charge in [-0.3, -0.25) is 4.79 Å². The van der Waals surface area contributed by atoms with Crippen molar-refractivity contribution in [1.29, 1.82) is 0 Å². The maximum Gasteiger partial charge on any atom is 0.292 e. The number of rotatable bonds is 3. The van der Waals surface area contributed by atoms with Gasteiger partial charge in [0.1, 0.15) is 16.5 Å². The Labute approximate surface area is 171 Å². The molecule has 0 saturated carbocycles. The van der Waals surface area contributed by atoms with Crippen LogP contribution in [-0.2, 0) is 0 Å². The van der Waals surface area contributed by atoms with E-state index in [9.17, 15) is 13.6 Å². The first-order valence-corrected chi connectivity index (χ1v) is 9.61. The van der Waals surface area contributed by atoms with Crippen LogP contribution in [0.25, 0.3) is 5.69 Å². The van der Waals surface area contributed by atoms with Crippen LogP contribution in [0.1, 0.15) is 5.56 Å². The minimum absolute atomic E-state index is 0.0345. The molecular weight excluding hydrogens is 398 g/mol. The second kappa shape index (κ2) is 7.83. The molecule has 0 unspecified atom stereocenters. The van der Waals surface area contributed by atoms with Crippen molar-refractivity contribution in [3.63, 3.8) is 0 Å². The summed E-state index contributed by atoms with van der Waals surface area (Å²) in [6.07, 6.45) is 1.45. The van der Waals surface area contributed by atoms with Gasteiger partial charge >= 0.3 is 0 Å². The highest BCUT2D eigenvalue weighted by molar-refractivity contribution is 6.33. The van der Waals surface area contributed by atoms with Gasteiger partial charge in [-0.2, -0.15) is 9.78 Å². The Balaban J connectivity index is 1.56. The molecule has 1 fully saturated rings. The van der Waals surface area contributed by atoms with Gasteiger partial charge in [-0.25, -0.2) is 8.78 Å². The third-order valence-corrected chi connectivity index (χ3v) is 5.38. The largest absolute Gasteiger partial charge is 0.368 e. The van der Waals surface area contributed by atoms with E-state index in [0.29, 0.717) is 24.8 Å². The summed E-state index contributed by atoms with van der Waals surface area (Å²) < 4.78 is 28.0. The molecule has 0 radical (unpaired) electrons. The van der Waals surface area contributed by atoms with E-state index < -0.39 is 17.2 Å². The second-order valence-corrected chi connectivity index (χ2v) is 7.35. The predicted octanol–water partition coefficient (Wildman–Crippen LogP) is 3.80. The fourth-order valence-corrected chi connectivity index (χ4v) is 3.75. The monoisotopic (exact) mass is 416 g/mol. The number of halogens is 3. The Morgan fingerprint density at radius 1 is 0.966 bits per heavy atom. The highest BCUT2D eigenvalue weighted by Gasteiger charge is 2.22. The average molecular weight is 417 g/mol. The van der Waals surface area contributed by atoms with E-state index in [4.69, 9.17) is 11.6 Å². The highest BCUT2D eigenvalue weighted by Crippen LogP contribution is 2.25. The number of hydrogen-bond donors (Lipinski definition) is 0. The van der Waals surface area contributed by atoms with Crippen LogP contribution in [0.5, 0.6) is 0 Å². The van der Waals surface area contributed by atoms with Gasteiger partial charge in [0.15, 0.2) is 5.82 Å². The summed E-state index contributed by atoms with van der Waals surface area (Å²) in [5.74, 6) is -1.61. The van der Waals surface area contributed by atoms with E-state index in [0.717, 1.165) is 35.6 Å². The molecule has 1 aliphatic heterocycles. The average Bonchev–Trinajstić information content (AvgIpc) is 2.71. The Kier molecular flexibility index (Phi) is 5.24. The number of anilines is 2. The molecule has 2 heterocycles. The van der Waals surface area contributed by atoms with Gasteiger partial charge < -0.3 is 9.80 Å². The van der Waals surface area contributed by atoms with Gasteiger partial charge in [-0.05, 0) is 36.8 Å². The Morgan fingerprint density at radius 3 is 2.38 bits per heavy atom. The van der Waals surface area contributed by atoms with Crippen LogP contribution in [-0.4, -0.2) is 36.0 Å². The lowest BCUT2D eigenvalue weighted by atomic mass is 10.2. The Hall–Kier alpha value is -2.93. The van der Waals surface area contributed by atoms with E-state index >= 15 is 0 Å².